The number of amidine groups is 1. The van der Waals surface area contributed by atoms with Crippen LogP contribution in [0.1, 0.15) is 5.56 Å². The zero-order chi connectivity index (χ0) is 26.7. The first-order chi connectivity index (χ1) is 17.6. The number of nitrogens with zero attached hydrogens (tertiary/aromatic N) is 2. The number of rotatable bonds is 7. The second-order valence-corrected chi connectivity index (χ2v) is 11.5. The first-order valence-corrected chi connectivity index (χ1v) is 13.9. The summed E-state index contributed by atoms with van der Waals surface area (Å²) in [6, 6.07) is 14.3. The van der Waals surface area contributed by atoms with Crippen LogP contribution in [0.25, 0.3) is 6.08 Å². The first-order valence-electron chi connectivity index (χ1n) is 10.2. The van der Waals surface area contributed by atoms with Gasteiger partial charge in [0.15, 0.2) is 16.7 Å². The molecule has 10 nitrogen and oxygen atoms in total. The molecule has 1 aliphatic heterocycles. The molecular formula is C23H15ClIN3O7S2. The molecule has 0 spiro atoms. The van der Waals surface area contributed by atoms with Gasteiger partial charge in [0.05, 0.1) is 26.2 Å². The van der Waals surface area contributed by atoms with Crippen LogP contribution in [-0.2, 0) is 14.9 Å². The van der Waals surface area contributed by atoms with E-state index in [0.29, 0.717) is 29.9 Å². The van der Waals surface area contributed by atoms with Crippen molar-refractivity contribution in [2.45, 2.75) is 4.90 Å². The number of non-ortho nitro benzene ring substituents is 1. The molecule has 190 valence electrons. The molecule has 0 unspecified atom stereocenters. The van der Waals surface area contributed by atoms with E-state index in [9.17, 15) is 23.3 Å². The maximum Gasteiger partial charge on any atom is 0.339 e. The molecule has 0 aromatic heterocycles. The fourth-order valence-corrected chi connectivity index (χ4v) is 5.87. The third kappa shape index (κ3) is 6.41. The summed E-state index contributed by atoms with van der Waals surface area (Å²) in [5, 5.41) is 14.5. The van der Waals surface area contributed by atoms with Crippen molar-refractivity contribution in [2.24, 2.45) is 4.99 Å². The van der Waals surface area contributed by atoms with Gasteiger partial charge in [-0.2, -0.15) is 8.42 Å². The van der Waals surface area contributed by atoms with E-state index >= 15 is 0 Å². The number of amides is 1. The Morgan fingerprint density at radius 1 is 1.14 bits per heavy atom. The van der Waals surface area contributed by atoms with E-state index in [1.165, 1.54) is 13.2 Å². The van der Waals surface area contributed by atoms with Gasteiger partial charge < -0.3 is 14.2 Å². The Bertz CT molecular complexity index is 1560. The number of carbonyl (C=O) groups excluding carboxylic acids is 1. The maximum absolute atomic E-state index is 12.8. The number of nitrogens with one attached hydrogen (secondary N) is 1. The quantitative estimate of drug-likeness (QED) is 0.114. The molecule has 0 atom stereocenters. The molecule has 1 amide bonds. The van der Waals surface area contributed by atoms with Crippen molar-refractivity contribution >= 4 is 84.6 Å². The van der Waals surface area contributed by atoms with Crippen molar-refractivity contribution in [3.63, 3.8) is 0 Å². The molecule has 1 N–H and O–H groups in total. The van der Waals surface area contributed by atoms with Crippen LogP contribution in [0.5, 0.6) is 11.5 Å². The van der Waals surface area contributed by atoms with Gasteiger partial charge >= 0.3 is 10.1 Å². The molecule has 37 heavy (non-hydrogen) atoms. The van der Waals surface area contributed by atoms with Gasteiger partial charge in [0.2, 0.25) is 0 Å². The lowest BCUT2D eigenvalue weighted by Crippen LogP contribution is -2.19. The SMILES string of the molecule is COc1cc(/C=C2/SC(=Nc3ccc(Cl)cc3)NC2=O)cc(I)c1OS(=O)(=O)c1ccc([N+](=O)[O-])cc1. The zero-order valence-electron chi connectivity index (χ0n) is 18.7. The van der Waals surface area contributed by atoms with E-state index in [-0.39, 0.29) is 28.0 Å². The summed E-state index contributed by atoms with van der Waals surface area (Å²) >= 11 is 8.93. The molecule has 0 radical (unpaired) electrons. The molecule has 14 heteroatoms. The average molecular weight is 672 g/mol. The third-order valence-electron chi connectivity index (χ3n) is 4.79. The molecule has 1 aliphatic rings. The van der Waals surface area contributed by atoms with Gasteiger partial charge in [-0.25, -0.2) is 4.99 Å². The van der Waals surface area contributed by atoms with Crippen molar-refractivity contribution in [3.8, 4) is 11.5 Å². The number of aliphatic imine (C=N–C) groups is 1. The zero-order valence-corrected chi connectivity index (χ0v) is 23.2. The molecule has 1 heterocycles. The Kier molecular flexibility index (Phi) is 8.06. The summed E-state index contributed by atoms with van der Waals surface area (Å²) < 4.78 is 36.6. The van der Waals surface area contributed by atoms with E-state index in [1.807, 2.05) is 22.6 Å². The van der Waals surface area contributed by atoms with Gasteiger partial charge in [-0.15, -0.1) is 0 Å². The average Bonchev–Trinajstić information content (AvgIpc) is 3.20. The molecule has 3 aromatic carbocycles. The minimum atomic E-state index is -4.31. The third-order valence-corrected chi connectivity index (χ3v) is 7.99. The van der Waals surface area contributed by atoms with E-state index in [1.54, 1.807) is 36.4 Å². The highest BCUT2D eigenvalue weighted by molar-refractivity contribution is 14.1. The van der Waals surface area contributed by atoms with Crippen LogP contribution in [0.15, 0.2) is 75.5 Å². The molecule has 4 rings (SSSR count). The molecule has 1 saturated heterocycles. The highest BCUT2D eigenvalue weighted by Crippen LogP contribution is 2.38. The van der Waals surface area contributed by atoms with Crippen molar-refractivity contribution in [1.29, 1.82) is 0 Å². The summed E-state index contributed by atoms with van der Waals surface area (Å²) in [4.78, 5) is 27.2. The van der Waals surface area contributed by atoms with Gasteiger partial charge in [-0.3, -0.25) is 14.9 Å². The maximum atomic E-state index is 12.8. The van der Waals surface area contributed by atoms with Crippen molar-refractivity contribution < 1.29 is 27.1 Å². The fraction of sp³-hybridized carbons (Fsp3) is 0.0435. The number of methoxy groups -OCH3 is 1. The van der Waals surface area contributed by atoms with Crippen LogP contribution in [0.4, 0.5) is 11.4 Å². The molecule has 0 saturated carbocycles. The smallest absolute Gasteiger partial charge is 0.339 e. The van der Waals surface area contributed by atoms with E-state index in [4.69, 9.17) is 20.5 Å². The Morgan fingerprint density at radius 3 is 2.43 bits per heavy atom. The number of nitro groups is 1. The predicted octanol–water partition coefficient (Wildman–Crippen LogP) is 5.52. The van der Waals surface area contributed by atoms with Crippen molar-refractivity contribution in [1.82, 2.24) is 5.32 Å². The lowest BCUT2D eigenvalue weighted by molar-refractivity contribution is -0.384. The highest BCUT2D eigenvalue weighted by Gasteiger charge is 2.26. The Balaban J connectivity index is 1.58. The van der Waals surface area contributed by atoms with Crippen LogP contribution in [0.2, 0.25) is 5.02 Å². The standard InChI is InChI=1S/C23H15ClIN3O7S2/c1-34-19-11-13(12-20-22(29)27-23(36-20)26-15-4-2-14(24)3-5-15)10-18(25)21(19)35-37(32,33)17-8-6-16(7-9-17)28(30)31/h2-12H,1H3,(H,26,27,29)/b20-12+. The number of thioether (sulfide) groups is 1. The first kappa shape index (κ1) is 26.9. The Labute approximate surface area is 234 Å². The largest absolute Gasteiger partial charge is 0.493 e. The van der Waals surface area contributed by atoms with E-state index in [2.05, 4.69) is 10.3 Å². The molecule has 0 aliphatic carbocycles. The van der Waals surface area contributed by atoms with Crippen LogP contribution in [0, 0.1) is 13.7 Å². The predicted molar refractivity (Wildman–Crippen MR) is 149 cm³/mol. The summed E-state index contributed by atoms with van der Waals surface area (Å²) in [6.07, 6.45) is 1.61. The number of ether oxygens (including phenoxy) is 1. The number of nitro benzene ring substituents is 1. The van der Waals surface area contributed by atoms with Gasteiger partial charge in [-0.1, -0.05) is 11.6 Å². The van der Waals surface area contributed by atoms with Gasteiger partial charge in [0, 0.05) is 17.2 Å². The van der Waals surface area contributed by atoms with Crippen LogP contribution >= 0.6 is 46.0 Å². The monoisotopic (exact) mass is 671 g/mol. The number of halogens is 2. The van der Waals surface area contributed by atoms with Gasteiger partial charge in [-0.05, 0) is 94.5 Å². The van der Waals surface area contributed by atoms with Gasteiger partial charge in [0.25, 0.3) is 11.6 Å². The Morgan fingerprint density at radius 2 is 1.81 bits per heavy atom. The second-order valence-electron chi connectivity index (χ2n) is 7.28. The summed E-state index contributed by atoms with van der Waals surface area (Å²) in [6.45, 7) is 0. The second kappa shape index (κ2) is 11.1. The lowest BCUT2D eigenvalue weighted by Gasteiger charge is -2.13. The lowest BCUT2D eigenvalue weighted by atomic mass is 10.2. The van der Waals surface area contributed by atoms with Crippen LogP contribution in [0.3, 0.4) is 0 Å². The molecule has 3 aromatic rings. The van der Waals surface area contributed by atoms with Crippen molar-refractivity contribution in [2.75, 3.05) is 7.11 Å². The Hall–Kier alpha value is -3.14. The molecular weight excluding hydrogens is 657 g/mol. The molecule has 0 bridgehead atoms. The minimum Gasteiger partial charge on any atom is -0.493 e. The minimum absolute atomic E-state index is 0.0582. The number of hydrogen-bond acceptors (Lipinski definition) is 9. The van der Waals surface area contributed by atoms with Crippen LogP contribution in [-0.4, -0.2) is 31.5 Å². The van der Waals surface area contributed by atoms with E-state index in [0.717, 1.165) is 36.0 Å². The van der Waals surface area contributed by atoms with Gasteiger partial charge in [0.1, 0.15) is 4.90 Å². The topological polar surface area (TPSA) is 137 Å². The summed E-state index contributed by atoms with van der Waals surface area (Å²) in [5.41, 5.74) is 0.936. The highest BCUT2D eigenvalue weighted by atomic mass is 127. The fourth-order valence-electron chi connectivity index (χ4n) is 3.06. The number of carbonyl (C=O) groups is 1. The number of benzene rings is 3. The molecule has 1 fully saturated rings. The number of hydrogen-bond donors (Lipinski definition) is 1. The normalized spacial score (nSPS) is 15.6. The summed E-state index contributed by atoms with van der Waals surface area (Å²) in [7, 11) is -2.96. The van der Waals surface area contributed by atoms with Crippen molar-refractivity contribution in [3.05, 3.63) is 89.8 Å². The van der Waals surface area contributed by atoms with E-state index < -0.39 is 15.0 Å². The van der Waals surface area contributed by atoms with Crippen LogP contribution < -0.4 is 14.2 Å². The summed E-state index contributed by atoms with van der Waals surface area (Å²) in [5.74, 6) is -0.285.